The molecule has 0 radical (unpaired) electrons. The van der Waals surface area contributed by atoms with Crippen molar-refractivity contribution < 1.29 is 0 Å². The molecule has 8 nitrogen and oxygen atoms in total. The number of hydrogen-bond acceptors (Lipinski definition) is 8. The number of benzene rings is 14. The van der Waals surface area contributed by atoms with Crippen LogP contribution >= 0.6 is 22.7 Å². The largest absolute Gasteiger partial charge is 0.309 e. The predicted octanol–water partition coefficient (Wildman–Crippen LogP) is 24.8. The summed E-state index contributed by atoms with van der Waals surface area (Å²) >= 11 is 3.78. The van der Waals surface area contributed by atoms with Crippen LogP contribution in [0.15, 0.2) is 328 Å². The lowest BCUT2D eigenvalue weighted by atomic mass is 10.00. The molecule has 14 aromatic carbocycles. The summed E-state index contributed by atoms with van der Waals surface area (Å²) < 4.78 is 10.2. The Kier molecular flexibility index (Phi) is 13.2. The van der Waals surface area contributed by atoms with E-state index in [2.05, 4.69) is 294 Å². The monoisotopic (exact) mass is 1330 g/mol. The number of para-hydroxylation sites is 2. The van der Waals surface area contributed by atoms with Gasteiger partial charge in [-0.2, -0.15) is 0 Å². The van der Waals surface area contributed by atoms with Crippen molar-refractivity contribution in [1.29, 1.82) is 0 Å². The highest BCUT2D eigenvalue weighted by molar-refractivity contribution is 7.27. The van der Waals surface area contributed by atoms with Crippen LogP contribution in [-0.4, -0.2) is 39.0 Å². The molecule has 8 aromatic heterocycles. The first kappa shape index (κ1) is 57.9. The van der Waals surface area contributed by atoms with Crippen LogP contribution in [0.5, 0.6) is 0 Å². The Labute approximate surface area is 591 Å². The first-order valence-corrected chi connectivity index (χ1v) is 35.9. The van der Waals surface area contributed by atoms with Gasteiger partial charge in [0.25, 0.3) is 0 Å². The van der Waals surface area contributed by atoms with Gasteiger partial charge in [-0.3, -0.25) is 9.97 Å². The van der Waals surface area contributed by atoms with E-state index in [9.17, 15) is 0 Å². The SMILES string of the molecule is c1ccc(-c2cccc(-c3nc(-c4ccc(-n5c6ccccc6c6c7c8ccccc8sc7c7ccccc7c65)cc4)nc4cccnc34)c2)cc1.c1ccc2c(-c3nc(-c4ccc(-n5c6ccccc6c6c7c8ccccc8sc7c7ccccc7c65)cc4)nc4cccnc34)cccc2c1. The summed E-state index contributed by atoms with van der Waals surface area (Å²) in [7, 11) is 0. The van der Waals surface area contributed by atoms with Crippen LogP contribution in [0.1, 0.15) is 0 Å². The third-order valence-corrected chi connectivity index (χ3v) is 22.7. The smallest absolute Gasteiger partial charge is 0.160 e. The summed E-state index contributed by atoms with van der Waals surface area (Å²) in [6.45, 7) is 0. The Morgan fingerprint density at radius 3 is 1.25 bits per heavy atom. The van der Waals surface area contributed by atoms with Crippen molar-refractivity contribution in [2.24, 2.45) is 0 Å². The zero-order chi connectivity index (χ0) is 66.9. The minimum atomic E-state index is 0.672. The van der Waals surface area contributed by atoms with E-state index in [4.69, 9.17) is 29.9 Å². The quantitative estimate of drug-likeness (QED) is 0.158. The van der Waals surface area contributed by atoms with Crippen molar-refractivity contribution in [1.82, 2.24) is 39.0 Å². The van der Waals surface area contributed by atoms with E-state index in [-0.39, 0.29) is 0 Å². The third-order valence-electron chi connectivity index (χ3n) is 20.3. The van der Waals surface area contributed by atoms with Crippen LogP contribution in [0.2, 0.25) is 0 Å². The average Bonchev–Trinajstić information content (AvgIpc) is 1.54. The fraction of sp³-hybridized carbons (Fsp3) is 0. The molecule has 102 heavy (non-hydrogen) atoms. The Hall–Kier alpha value is -13.1. The summed E-state index contributed by atoms with van der Waals surface area (Å²) in [5.41, 5.74) is 18.2. The topological polar surface area (TPSA) is 87.2 Å². The van der Waals surface area contributed by atoms with E-state index in [0.717, 1.165) is 83.6 Å². The Bertz CT molecular complexity index is 7190. The second-order valence-corrected chi connectivity index (χ2v) is 28.1. The molecule has 22 aromatic rings. The van der Waals surface area contributed by atoms with Crippen molar-refractivity contribution in [3.05, 3.63) is 328 Å². The van der Waals surface area contributed by atoms with Gasteiger partial charge in [0.05, 0.1) is 33.1 Å². The summed E-state index contributed by atoms with van der Waals surface area (Å²) in [5, 5.41) is 17.8. The summed E-state index contributed by atoms with van der Waals surface area (Å²) in [6, 6.07) is 112. The fourth-order valence-corrected chi connectivity index (χ4v) is 18.3. The zero-order valence-electron chi connectivity index (χ0n) is 54.6. The predicted molar refractivity (Wildman–Crippen MR) is 429 cm³/mol. The minimum Gasteiger partial charge on any atom is -0.309 e. The second kappa shape index (κ2) is 23.3. The van der Waals surface area contributed by atoms with E-state index in [1.54, 1.807) is 0 Å². The van der Waals surface area contributed by atoms with Gasteiger partial charge in [-0.1, -0.05) is 212 Å². The molecule has 0 saturated heterocycles. The van der Waals surface area contributed by atoms with Crippen LogP contribution in [0.3, 0.4) is 0 Å². The van der Waals surface area contributed by atoms with Gasteiger partial charge in [-0.25, -0.2) is 19.9 Å². The average molecular weight is 1340 g/mol. The number of aromatic nitrogens is 8. The van der Waals surface area contributed by atoms with E-state index >= 15 is 0 Å². The molecule has 10 heteroatoms. The van der Waals surface area contributed by atoms with Crippen molar-refractivity contribution >= 4 is 161 Å². The van der Waals surface area contributed by atoms with E-state index in [0.29, 0.717) is 11.6 Å². The molecule has 0 aliphatic carbocycles. The molecular weight excluding hydrogens is 1280 g/mol. The zero-order valence-corrected chi connectivity index (χ0v) is 56.2. The van der Waals surface area contributed by atoms with Gasteiger partial charge in [0, 0.05) is 129 Å². The Morgan fingerprint density at radius 1 is 0.265 bits per heavy atom. The van der Waals surface area contributed by atoms with E-state index in [1.165, 1.54) is 111 Å². The third kappa shape index (κ3) is 9.06. The molecule has 22 rings (SSSR count). The number of rotatable bonds is 7. The summed E-state index contributed by atoms with van der Waals surface area (Å²) in [6.07, 6.45) is 3.63. The maximum atomic E-state index is 5.20. The number of nitrogens with zero attached hydrogens (tertiary/aromatic N) is 8. The van der Waals surface area contributed by atoms with Crippen LogP contribution in [0.4, 0.5) is 0 Å². The Balaban J connectivity index is 0.000000133. The van der Waals surface area contributed by atoms with E-state index in [1.807, 2.05) is 65.4 Å². The van der Waals surface area contributed by atoms with Gasteiger partial charge >= 0.3 is 0 Å². The van der Waals surface area contributed by atoms with Gasteiger partial charge < -0.3 is 9.13 Å². The van der Waals surface area contributed by atoms with Crippen LogP contribution in [-0.2, 0) is 0 Å². The van der Waals surface area contributed by atoms with Gasteiger partial charge in [-0.05, 0) is 125 Å². The molecule has 0 unspecified atom stereocenters. The molecule has 0 fully saturated rings. The number of thiophene rings is 2. The molecule has 0 bridgehead atoms. The molecule has 0 N–H and O–H groups in total. The number of pyridine rings is 2. The maximum Gasteiger partial charge on any atom is 0.160 e. The molecular formula is C92H54N8S2. The van der Waals surface area contributed by atoms with Gasteiger partial charge in [0.2, 0.25) is 0 Å². The highest BCUT2D eigenvalue weighted by atomic mass is 32.1. The molecule has 0 aliphatic heterocycles. The maximum absolute atomic E-state index is 5.20. The lowest BCUT2D eigenvalue weighted by molar-refractivity contribution is 1.18. The molecule has 0 amide bonds. The molecule has 0 spiro atoms. The van der Waals surface area contributed by atoms with E-state index < -0.39 is 0 Å². The van der Waals surface area contributed by atoms with Crippen molar-refractivity contribution in [3.63, 3.8) is 0 Å². The highest BCUT2D eigenvalue weighted by Gasteiger charge is 2.25. The first-order chi connectivity index (χ1) is 50.6. The molecule has 474 valence electrons. The Morgan fingerprint density at radius 2 is 0.686 bits per heavy atom. The molecule has 0 aliphatic rings. The highest BCUT2D eigenvalue weighted by Crippen LogP contribution is 2.51. The lowest BCUT2D eigenvalue weighted by Crippen LogP contribution is -1.98. The molecule has 0 atom stereocenters. The van der Waals surface area contributed by atoms with Gasteiger partial charge in [-0.15, -0.1) is 22.7 Å². The lowest BCUT2D eigenvalue weighted by Gasteiger charge is -2.13. The fourth-order valence-electron chi connectivity index (χ4n) is 15.8. The minimum absolute atomic E-state index is 0.672. The normalized spacial score (nSPS) is 11.9. The summed E-state index contributed by atoms with van der Waals surface area (Å²) in [4.78, 5) is 29.9. The van der Waals surface area contributed by atoms with Crippen molar-refractivity contribution in [2.75, 3.05) is 0 Å². The molecule has 0 saturated carbocycles. The van der Waals surface area contributed by atoms with Crippen molar-refractivity contribution in [3.8, 4) is 67.8 Å². The van der Waals surface area contributed by atoms with Crippen LogP contribution < -0.4 is 0 Å². The van der Waals surface area contributed by atoms with Crippen molar-refractivity contribution in [2.45, 2.75) is 0 Å². The van der Waals surface area contributed by atoms with Gasteiger partial charge in [0.15, 0.2) is 11.6 Å². The molecule has 8 heterocycles. The first-order valence-electron chi connectivity index (χ1n) is 34.2. The second-order valence-electron chi connectivity index (χ2n) is 25.9. The van der Waals surface area contributed by atoms with Gasteiger partial charge in [0.1, 0.15) is 22.4 Å². The summed E-state index contributed by atoms with van der Waals surface area (Å²) in [5.74, 6) is 1.35. The number of hydrogen-bond donors (Lipinski definition) is 0. The van der Waals surface area contributed by atoms with Crippen LogP contribution in [0, 0.1) is 0 Å². The number of fused-ring (bicyclic) bond motifs is 23. The standard InChI is InChI=1S/C47H28N4S.C45H26N4S/c1-2-12-29(13-3-1)31-14-10-15-32(28-31)43-44-38(20-11-27-48-44)49-47(50-43)30-23-25-33(26-24-30)51-39-21-8-6-18-36(39)41-42-37-19-7-9-22-40(37)52-46(42)35-17-5-4-16-34(35)45(41)51;1-2-13-30-27(11-1)12-9-18-31(30)41-42-36(19-10-26-46-42)47-45(48-41)28-22-24-29(25-23-28)49-37-20-7-5-16-34(37)39-40-35-17-6-8-21-38(35)50-44(40)33-15-4-3-14-32(33)43(39)49/h1-28H;1-26H. The van der Waals surface area contributed by atoms with Crippen LogP contribution in [0.25, 0.3) is 206 Å².